The van der Waals surface area contributed by atoms with Crippen LogP contribution in [0.1, 0.15) is 36.6 Å². The minimum atomic E-state index is 0.147. The Kier molecular flexibility index (Phi) is 4.80. The molecule has 2 heterocycles. The number of hydrogen-bond donors (Lipinski definition) is 1. The van der Waals surface area contributed by atoms with Crippen molar-refractivity contribution in [1.82, 2.24) is 4.90 Å². The molecule has 2 N–H and O–H groups in total. The second-order valence-corrected chi connectivity index (χ2v) is 5.10. The summed E-state index contributed by atoms with van der Waals surface area (Å²) in [6.07, 6.45) is 5.22. The van der Waals surface area contributed by atoms with Crippen molar-refractivity contribution in [3.8, 4) is 0 Å². The summed E-state index contributed by atoms with van der Waals surface area (Å²) < 4.78 is 10.9. The summed E-state index contributed by atoms with van der Waals surface area (Å²) in [6, 6.07) is 2.36. The number of ether oxygens (including phenoxy) is 1. The Morgan fingerprint density at radius 1 is 1.50 bits per heavy atom. The third kappa shape index (κ3) is 2.94. The quantitative estimate of drug-likeness (QED) is 0.891. The SMILES string of the molecule is COCCN1CCCCC(N)C1c1occc1C. The molecule has 1 aliphatic rings. The van der Waals surface area contributed by atoms with Crippen molar-refractivity contribution >= 4 is 0 Å². The third-order valence-corrected chi connectivity index (χ3v) is 3.78. The van der Waals surface area contributed by atoms with Gasteiger partial charge in [0.05, 0.1) is 18.9 Å². The minimum Gasteiger partial charge on any atom is -0.467 e. The van der Waals surface area contributed by atoms with Crippen molar-refractivity contribution in [2.45, 2.75) is 38.3 Å². The van der Waals surface area contributed by atoms with Crippen LogP contribution in [0.2, 0.25) is 0 Å². The maximum atomic E-state index is 6.36. The minimum absolute atomic E-state index is 0.147. The summed E-state index contributed by atoms with van der Waals surface area (Å²) in [6.45, 7) is 4.81. The van der Waals surface area contributed by atoms with Crippen LogP contribution < -0.4 is 5.73 Å². The van der Waals surface area contributed by atoms with Crippen LogP contribution in [0.25, 0.3) is 0 Å². The molecule has 2 atom stereocenters. The standard InChI is InChI=1S/C14H24N2O2/c1-11-6-9-18-14(11)13-12(15)5-3-4-7-16(13)8-10-17-2/h6,9,12-13H,3-5,7-8,10,15H2,1-2H3. The molecule has 0 spiro atoms. The fraction of sp³-hybridized carbons (Fsp3) is 0.714. The van der Waals surface area contributed by atoms with Crippen LogP contribution in [0.4, 0.5) is 0 Å². The number of rotatable bonds is 4. The van der Waals surface area contributed by atoms with Gasteiger partial charge in [0.25, 0.3) is 0 Å². The van der Waals surface area contributed by atoms with Crippen molar-refractivity contribution in [3.63, 3.8) is 0 Å². The molecule has 102 valence electrons. The lowest BCUT2D eigenvalue weighted by Gasteiger charge is -2.32. The summed E-state index contributed by atoms with van der Waals surface area (Å²) in [5.41, 5.74) is 7.55. The van der Waals surface area contributed by atoms with Crippen LogP contribution in [0.5, 0.6) is 0 Å². The van der Waals surface area contributed by atoms with Crippen molar-refractivity contribution in [3.05, 3.63) is 23.7 Å². The molecule has 1 fully saturated rings. The number of hydrogen-bond acceptors (Lipinski definition) is 4. The van der Waals surface area contributed by atoms with Crippen molar-refractivity contribution in [1.29, 1.82) is 0 Å². The van der Waals surface area contributed by atoms with Crippen LogP contribution >= 0.6 is 0 Å². The Morgan fingerprint density at radius 2 is 2.33 bits per heavy atom. The summed E-state index contributed by atoms with van der Waals surface area (Å²) in [5.74, 6) is 1.03. The number of nitrogens with two attached hydrogens (primary N) is 1. The van der Waals surface area contributed by atoms with Crippen molar-refractivity contribution < 1.29 is 9.15 Å². The number of likely N-dealkylation sites (tertiary alicyclic amines) is 1. The molecule has 4 heteroatoms. The van der Waals surface area contributed by atoms with E-state index >= 15 is 0 Å². The van der Waals surface area contributed by atoms with E-state index in [0.717, 1.165) is 31.9 Å². The molecule has 0 aromatic carbocycles. The van der Waals surface area contributed by atoms with Crippen LogP contribution in [0.3, 0.4) is 0 Å². The Hall–Kier alpha value is -0.840. The van der Waals surface area contributed by atoms with Gasteiger partial charge in [-0.15, -0.1) is 0 Å². The molecule has 4 nitrogen and oxygen atoms in total. The second-order valence-electron chi connectivity index (χ2n) is 5.10. The topological polar surface area (TPSA) is 51.6 Å². The number of nitrogens with zero attached hydrogens (tertiary/aromatic N) is 1. The van der Waals surface area contributed by atoms with E-state index in [4.69, 9.17) is 14.9 Å². The van der Waals surface area contributed by atoms with E-state index in [1.165, 1.54) is 18.4 Å². The van der Waals surface area contributed by atoms with Gasteiger partial charge in [0, 0.05) is 19.7 Å². The molecule has 0 saturated carbocycles. The lowest BCUT2D eigenvalue weighted by Crippen LogP contribution is -2.41. The van der Waals surface area contributed by atoms with E-state index in [0.29, 0.717) is 0 Å². The zero-order valence-electron chi connectivity index (χ0n) is 11.4. The van der Waals surface area contributed by atoms with Gasteiger partial charge in [-0.05, 0) is 37.9 Å². The highest BCUT2D eigenvalue weighted by atomic mass is 16.5. The van der Waals surface area contributed by atoms with Gasteiger partial charge in [-0.2, -0.15) is 0 Å². The Morgan fingerprint density at radius 3 is 3.00 bits per heavy atom. The molecule has 0 amide bonds. The molecule has 2 unspecified atom stereocenters. The molecule has 1 aliphatic heterocycles. The zero-order valence-corrected chi connectivity index (χ0v) is 11.4. The molecule has 1 aromatic rings. The summed E-state index contributed by atoms with van der Waals surface area (Å²) >= 11 is 0. The van der Waals surface area contributed by atoms with Gasteiger partial charge in [-0.1, -0.05) is 6.42 Å². The summed E-state index contributed by atoms with van der Waals surface area (Å²) in [7, 11) is 1.74. The van der Waals surface area contributed by atoms with E-state index in [2.05, 4.69) is 11.8 Å². The number of furan rings is 1. The molecule has 1 aromatic heterocycles. The monoisotopic (exact) mass is 252 g/mol. The van der Waals surface area contributed by atoms with Gasteiger partial charge in [0.15, 0.2) is 0 Å². The smallest absolute Gasteiger partial charge is 0.125 e. The average molecular weight is 252 g/mol. The normalized spacial score (nSPS) is 26.2. The highest BCUT2D eigenvalue weighted by Gasteiger charge is 2.31. The van der Waals surface area contributed by atoms with Gasteiger partial charge in [0.1, 0.15) is 5.76 Å². The van der Waals surface area contributed by atoms with Crippen LogP contribution in [-0.4, -0.2) is 37.7 Å². The van der Waals surface area contributed by atoms with Gasteiger partial charge < -0.3 is 14.9 Å². The fourth-order valence-corrected chi connectivity index (χ4v) is 2.77. The molecule has 0 aliphatic carbocycles. The second kappa shape index (κ2) is 6.36. The van der Waals surface area contributed by atoms with E-state index in [9.17, 15) is 0 Å². The zero-order chi connectivity index (χ0) is 13.0. The third-order valence-electron chi connectivity index (χ3n) is 3.78. The van der Waals surface area contributed by atoms with Crippen LogP contribution in [0, 0.1) is 6.92 Å². The fourth-order valence-electron chi connectivity index (χ4n) is 2.77. The molecule has 0 radical (unpaired) electrons. The van der Waals surface area contributed by atoms with Crippen molar-refractivity contribution in [2.24, 2.45) is 5.73 Å². The summed E-state index contributed by atoms with van der Waals surface area (Å²) in [5, 5.41) is 0. The van der Waals surface area contributed by atoms with E-state index in [-0.39, 0.29) is 12.1 Å². The lowest BCUT2D eigenvalue weighted by molar-refractivity contribution is 0.105. The van der Waals surface area contributed by atoms with Gasteiger partial charge >= 0.3 is 0 Å². The van der Waals surface area contributed by atoms with Gasteiger partial charge in [-0.3, -0.25) is 4.90 Å². The highest BCUT2D eigenvalue weighted by molar-refractivity contribution is 5.20. The molecule has 2 rings (SSSR count). The van der Waals surface area contributed by atoms with Crippen LogP contribution in [-0.2, 0) is 4.74 Å². The molecular formula is C14H24N2O2. The number of methoxy groups -OCH3 is 1. The maximum absolute atomic E-state index is 6.36. The first-order valence-electron chi connectivity index (χ1n) is 6.76. The first kappa shape index (κ1) is 13.6. The molecule has 0 bridgehead atoms. The molecule has 1 saturated heterocycles. The maximum Gasteiger partial charge on any atom is 0.125 e. The van der Waals surface area contributed by atoms with E-state index < -0.39 is 0 Å². The first-order chi connectivity index (χ1) is 8.74. The lowest BCUT2D eigenvalue weighted by atomic mass is 9.99. The molecule has 18 heavy (non-hydrogen) atoms. The highest BCUT2D eigenvalue weighted by Crippen LogP contribution is 2.31. The molecular weight excluding hydrogens is 228 g/mol. The van der Waals surface area contributed by atoms with Gasteiger partial charge in [0.2, 0.25) is 0 Å². The number of aryl methyl sites for hydroxylation is 1. The predicted octanol–water partition coefficient (Wildman–Crippen LogP) is 2.09. The van der Waals surface area contributed by atoms with E-state index in [1.54, 1.807) is 13.4 Å². The summed E-state index contributed by atoms with van der Waals surface area (Å²) in [4.78, 5) is 2.41. The Bertz CT molecular complexity index is 364. The first-order valence-corrected chi connectivity index (χ1v) is 6.76. The Balaban J connectivity index is 2.20. The largest absolute Gasteiger partial charge is 0.467 e. The Labute approximate surface area is 109 Å². The van der Waals surface area contributed by atoms with E-state index in [1.807, 2.05) is 6.07 Å². The van der Waals surface area contributed by atoms with Crippen molar-refractivity contribution in [2.75, 3.05) is 26.8 Å². The van der Waals surface area contributed by atoms with Gasteiger partial charge in [-0.25, -0.2) is 0 Å². The predicted molar refractivity (Wildman–Crippen MR) is 71.5 cm³/mol. The average Bonchev–Trinajstić information content (AvgIpc) is 2.68. The van der Waals surface area contributed by atoms with Crippen LogP contribution in [0.15, 0.2) is 16.7 Å².